The van der Waals surface area contributed by atoms with Crippen LogP contribution in [-0.2, 0) is 0 Å². The Morgan fingerprint density at radius 1 is 1.12 bits per heavy atom. The molecular formula is C17H20N6O. The summed E-state index contributed by atoms with van der Waals surface area (Å²) in [4.78, 5) is 33.4. The van der Waals surface area contributed by atoms with E-state index in [1.165, 1.54) is 0 Å². The first-order valence-corrected chi connectivity index (χ1v) is 8.29. The third-order valence-corrected chi connectivity index (χ3v) is 5.27. The van der Waals surface area contributed by atoms with Gasteiger partial charge in [0.15, 0.2) is 0 Å². The van der Waals surface area contributed by atoms with Crippen molar-refractivity contribution in [2.24, 2.45) is 11.8 Å². The van der Waals surface area contributed by atoms with Gasteiger partial charge in [-0.3, -0.25) is 9.78 Å². The lowest BCUT2D eigenvalue weighted by atomic mass is 9.97. The van der Waals surface area contributed by atoms with Crippen LogP contribution in [0.1, 0.15) is 23.5 Å². The number of amides is 1. The van der Waals surface area contributed by atoms with Crippen LogP contribution < -0.4 is 4.90 Å². The van der Waals surface area contributed by atoms with Crippen molar-refractivity contribution < 1.29 is 4.79 Å². The fourth-order valence-corrected chi connectivity index (χ4v) is 4.08. The summed E-state index contributed by atoms with van der Waals surface area (Å²) >= 11 is 0. The highest BCUT2D eigenvalue weighted by atomic mass is 16.2. The van der Waals surface area contributed by atoms with Crippen LogP contribution in [0.2, 0.25) is 0 Å². The van der Waals surface area contributed by atoms with Gasteiger partial charge in [-0.15, -0.1) is 0 Å². The summed E-state index contributed by atoms with van der Waals surface area (Å²) in [5.41, 5.74) is 0. The van der Waals surface area contributed by atoms with Gasteiger partial charge in [0.25, 0.3) is 5.91 Å². The molecule has 0 spiro atoms. The highest BCUT2D eigenvalue weighted by Gasteiger charge is 2.46. The summed E-state index contributed by atoms with van der Waals surface area (Å²) < 4.78 is 0. The zero-order valence-corrected chi connectivity index (χ0v) is 13.6. The molecule has 2 aliphatic rings. The Hall–Kier alpha value is -2.57. The maximum atomic E-state index is 12.6. The topological polar surface area (TPSA) is 75.1 Å². The van der Waals surface area contributed by atoms with E-state index in [0.29, 0.717) is 17.9 Å². The molecule has 0 radical (unpaired) electrons. The average Bonchev–Trinajstić information content (AvgIpc) is 3.22. The van der Waals surface area contributed by atoms with E-state index in [4.69, 9.17) is 0 Å². The molecule has 0 bridgehead atoms. The second-order valence-electron chi connectivity index (χ2n) is 6.53. The lowest BCUT2D eigenvalue weighted by Crippen LogP contribution is -2.39. The summed E-state index contributed by atoms with van der Waals surface area (Å²) in [6.45, 7) is 1.56. The molecule has 2 aromatic rings. The van der Waals surface area contributed by atoms with Gasteiger partial charge >= 0.3 is 0 Å². The largest absolute Gasteiger partial charge is 0.355 e. The van der Waals surface area contributed by atoms with Gasteiger partial charge in [-0.25, -0.2) is 15.0 Å². The molecule has 7 nitrogen and oxygen atoms in total. The molecule has 2 fully saturated rings. The van der Waals surface area contributed by atoms with Gasteiger partial charge in [-0.1, -0.05) is 0 Å². The van der Waals surface area contributed by atoms with Crippen LogP contribution in [0, 0.1) is 11.8 Å². The quantitative estimate of drug-likeness (QED) is 0.846. The molecule has 1 saturated heterocycles. The van der Waals surface area contributed by atoms with Crippen LogP contribution in [0.3, 0.4) is 0 Å². The van der Waals surface area contributed by atoms with Crippen molar-refractivity contribution in [3.8, 4) is 0 Å². The Labute approximate surface area is 140 Å². The molecule has 2 aromatic heterocycles. The fourth-order valence-electron chi connectivity index (χ4n) is 4.08. The van der Waals surface area contributed by atoms with Crippen LogP contribution in [-0.4, -0.2) is 56.9 Å². The molecule has 0 aromatic carbocycles. The van der Waals surface area contributed by atoms with Crippen LogP contribution in [0.4, 0.5) is 5.82 Å². The first-order chi connectivity index (χ1) is 11.7. The Morgan fingerprint density at radius 3 is 2.71 bits per heavy atom. The van der Waals surface area contributed by atoms with Gasteiger partial charge in [-0.2, -0.15) is 0 Å². The molecule has 1 aliphatic heterocycles. The van der Waals surface area contributed by atoms with Gasteiger partial charge in [0.2, 0.25) is 5.82 Å². The predicted octanol–water partition coefficient (Wildman–Crippen LogP) is 1.25. The zero-order valence-electron chi connectivity index (χ0n) is 13.6. The van der Waals surface area contributed by atoms with Gasteiger partial charge in [0.05, 0.1) is 6.20 Å². The summed E-state index contributed by atoms with van der Waals surface area (Å²) in [6.07, 6.45) is 10.7. The highest BCUT2D eigenvalue weighted by molar-refractivity contribution is 5.90. The van der Waals surface area contributed by atoms with Crippen LogP contribution in [0.25, 0.3) is 0 Å². The zero-order chi connectivity index (χ0) is 16.5. The molecule has 3 atom stereocenters. The molecular weight excluding hydrogens is 304 g/mol. The lowest BCUT2D eigenvalue weighted by molar-refractivity contribution is 0.0767. The van der Waals surface area contributed by atoms with E-state index in [0.717, 1.165) is 31.7 Å². The number of likely N-dealkylation sites (tertiary alicyclic amines) is 1. The minimum atomic E-state index is -0.0640. The Morgan fingerprint density at radius 2 is 1.96 bits per heavy atom. The minimum absolute atomic E-state index is 0.0640. The number of nitrogens with zero attached hydrogens (tertiary/aromatic N) is 6. The predicted molar refractivity (Wildman–Crippen MR) is 88.4 cm³/mol. The van der Waals surface area contributed by atoms with E-state index in [9.17, 15) is 4.79 Å². The Balaban J connectivity index is 1.48. The monoisotopic (exact) mass is 324 g/mol. The molecule has 24 heavy (non-hydrogen) atoms. The molecule has 0 unspecified atom stereocenters. The molecule has 1 amide bonds. The molecule has 1 saturated carbocycles. The van der Waals surface area contributed by atoms with Crippen molar-refractivity contribution in [3.63, 3.8) is 0 Å². The van der Waals surface area contributed by atoms with Crippen molar-refractivity contribution in [2.45, 2.75) is 18.9 Å². The minimum Gasteiger partial charge on any atom is -0.355 e. The second-order valence-corrected chi connectivity index (χ2v) is 6.53. The maximum Gasteiger partial charge on any atom is 0.291 e. The Kier molecular flexibility index (Phi) is 3.84. The van der Waals surface area contributed by atoms with Gasteiger partial charge in [0.1, 0.15) is 5.82 Å². The summed E-state index contributed by atoms with van der Waals surface area (Å²) in [6, 6.07) is 2.11. The highest BCUT2D eigenvalue weighted by Crippen LogP contribution is 2.41. The Bertz CT molecular complexity index is 710. The van der Waals surface area contributed by atoms with Crippen molar-refractivity contribution in [1.29, 1.82) is 0 Å². The fraction of sp³-hybridized carbons (Fsp3) is 0.471. The molecule has 1 aliphatic carbocycles. The molecule has 4 rings (SSSR count). The first kappa shape index (κ1) is 15.0. The number of rotatable bonds is 3. The maximum absolute atomic E-state index is 12.6. The number of fused-ring (bicyclic) bond motifs is 1. The number of hydrogen-bond acceptors (Lipinski definition) is 6. The van der Waals surface area contributed by atoms with Crippen molar-refractivity contribution >= 4 is 11.7 Å². The molecule has 3 heterocycles. The standard InChI is InChI=1S/C17H20N6O/c1-22(15-9-18-7-8-19-15)14-4-3-12-10-23(11-13(12)14)17(24)16-20-5-2-6-21-16/h2,5-9,12-14H,3-4,10-11H2,1H3/t12-,13+,14-/m1/s1. The molecule has 7 heteroatoms. The number of carbonyl (C=O) groups excluding carboxylic acids is 1. The van der Waals surface area contributed by atoms with Crippen LogP contribution in [0.5, 0.6) is 0 Å². The van der Waals surface area contributed by atoms with Crippen molar-refractivity contribution in [2.75, 3.05) is 25.0 Å². The van der Waals surface area contributed by atoms with E-state index >= 15 is 0 Å². The van der Waals surface area contributed by atoms with Crippen molar-refractivity contribution in [1.82, 2.24) is 24.8 Å². The smallest absolute Gasteiger partial charge is 0.291 e. The first-order valence-electron chi connectivity index (χ1n) is 8.29. The van der Waals surface area contributed by atoms with Crippen LogP contribution >= 0.6 is 0 Å². The van der Waals surface area contributed by atoms with Crippen molar-refractivity contribution in [3.05, 3.63) is 42.9 Å². The number of hydrogen-bond donors (Lipinski definition) is 0. The van der Waals surface area contributed by atoms with Crippen LogP contribution in [0.15, 0.2) is 37.1 Å². The van der Waals surface area contributed by atoms with Gasteiger partial charge in [-0.05, 0) is 24.8 Å². The van der Waals surface area contributed by atoms with E-state index in [-0.39, 0.29) is 11.7 Å². The third-order valence-electron chi connectivity index (χ3n) is 5.27. The lowest BCUT2D eigenvalue weighted by Gasteiger charge is -2.30. The van der Waals surface area contributed by atoms with E-state index in [1.807, 2.05) is 4.90 Å². The summed E-state index contributed by atoms with van der Waals surface area (Å²) in [5.74, 6) is 2.12. The average molecular weight is 324 g/mol. The SMILES string of the molecule is CN(c1cnccn1)[C@@H]1CC[C@@H]2CN(C(=O)c3ncccn3)C[C@@H]21. The normalized spacial score (nSPS) is 25.5. The summed E-state index contributed by atoms with van der Waals surface area (Å²) in [5, 5.41) is 0. The summed E-state index contributed by atoms with van der Waals surface area (Å²) in [7, 11) is 2.07. The third kappa shape index (κ3) is 2.60. The number of anilines is 1. The van der Waals surface area contributed by atoms with Gasteiger partial charge < -0.3 is 9.80 Å². The van der Waals surface area contributed by atoms with E-state index in [2.05, 4.69) is 31.9 Å². The number of carbonyl (C=O) groups is 1. The van der Waals surface area contributed by atoms with E-state index in [1.54, 1.807) is 37.1 Å². The second kappa shape index (κ2) is 6.14. The molecule has 124 valence electrons. The van der Waals surface area contributed by atoms with E-state index < -0.39 is 0 Å². The number of aromatic nitrogens is 4. The molecule has 0 N–H and O–H groups in total. The van der Waals surface area contributed by atoms with Gasteiger partial charge in [0, 0.05) is 56.9 Å².